The number of benzene rings is 3. The second-order valence-electron chi connectivity index (χ2n) is 13.4. The first kappa shape index (κ1) is 33.2. The molecule has 0 saturated heterocycles. The molecule has 0 N–H and O–H groups in total. The van der Waals surface area contributed by atoms with Crippen LogP contribution in [0.2, 0.25) is 17.3 Å². The third kappa shape index (κ3) is 7.71. The van der Waals surface area contributed by atoms with Gasteiger partial charge in [0, 0.05) is 36.8 Å². The molecular weight excluding hydrogens is 824 g/mol. The van der Waals surface area contributed by atoms with Crippen LogP contribution in [0, 0.1) is 23.9 Å². The molecule has 1 radical (unpaired) electrons. The zero-order valence-electron chi connectivity index (χ0n) is 28.2. The molecule has 0 unspecified atom stereocenters. The molecule has 0 bridgehead atoms. The summed E-state index contributed by atoms with van der Waals surface area (Å²) < 4.78 is 27.2. The Balaban J connectivity index is 0.000000188. The summed E-state index contributed by atoms with van der Waals surface area (Å²) in [4.78, 5) is 9.07. The van der Waals surface area contributed by atoms with Gasteiger partial charge in [0.25, 0.3) is 0 Å². The van der Waals surface area contributed by atoms with Gasteiger partial charge < -0.3 is 4.98 Å². The number of nitrogens with zero attached hydrogens (tertiary/aromatic N) is 2. The summed E-state index contributed by atoms with van der Waals surface area (Å²) >= 11 is -0.413. The van der Waals surface area contributed by atoms with Crippen LogP contribution >= 0.6 is 11.3 Å². The number of aromatic nitrogens is 2. The maximum atomic E-state index is 15.4. The van der Waals surface area contributed by atoms with Gasteiger partial charge in [-0.1, -0.05) is 61.1 Å². The molecule has 6 aromatic rings. The van der Waals surface area contributed by atoms with Gasteiger partial charge in [-0.05, 0) is 45.6 Å². The second kappa shape index (κ2) is 15.0. The summed E-state index contributed by atoms with van der Waals surface area (Å²) in [5.41, 5.74) is 5.45. The van der Waals surface area contributed by atoms with E-state index < -0.39 is 19.2 Å². The van der Waals surface area contributed by atoms with E-state index in [2.05, 4.69) is 51.5 Å². The van der Waals surface area contributed by atoms with Crippen molar-refractivity contribution in [1.82, 2.24) is 9.97 Å². The van der Waals surface area contributed by atoms with Crippen LogP contribution in [0.1, 0.15) is 57.9 Å². The van der Waals surface area contributed by atoms with Crippen molar-refractivity contribution >= 4 is 49.2 Å². The van der Waals surface area contributed by atoms with E-state index in [-0.39, 0.29) is 25.9 Å². The van der Waals surface area contributed by atoms with Gasteiger partial charge in [-0.3, -0.25) is 4.39 Å². The van der Waals surface area contributed by atoms with Gasteiger partial charge in [0.05, 0.1) is 0 Å². The molecule has 0 atom stereocenters. The summed E-state index contributed by atoms with van der Waals surface area (Å²) in [5.74, 6) is 7.01. The Morgan fingerprint density at radius 1 is 0.957 bits per heavy atom. The number of hydrogen-bond acceptors (Lipinski definition) is 3. The largest absolute Gasteiger partial charge is 0 e. The van der Waals surface area contributed by atoms with Crippen LogP contribution < -0.4 is 4.40 Å². The van der Waals surface area contributed by atoms with E-state index in [0.717, 1.165) is 43.9 Å². The Labute approximate surface area is 295 Å². The summed E-state index contributed by atoms with van der Waals surface area (Å²) in [7, 11) is 0. The van der Waals surface area contributed by atoms with Crippen LogP contribution in [0.3, 0.4) is 0 Å². The van der Waals surface area contributed by atoms with E-state index in [1.807, 2.05) is 86.9 Å². The molecule has 239 valence electrons. The van der Waals surface area contributed by atoms with Gasteiger partial charge in [0.15, 0.2) is 0 Å². The average molecular weight is 867 g/mol. The molecule has 3 heterocycles. The number of halogens is 1. The van der Waals surface area contributed by atoms with E-state index in [9.17, 15) is 0 Å². The van der Waals surface area contributed by atoms with Crippen molar-refractivity contribution in [2.45, 2.75) is 69.1 Å². The van der Waals surface area contributed by atoms with Gasteiger partial charge in [0.1, 0.15) is 0 Å². The topological polar surface area (TPSA) is 25.8 Å². The van der Waals surface area contributed by atoms with E-state index in [1.165, 1.54) is 35.6 Å². The third-order valence-electron chi connectivity index (χ3n) is 8.72. The number of fused-ring (bicyclic) bond motifs is 3. The minimum atomic E-state index is -2.03. The fourth-order valence-corrected chi connectivity index (χ4v) is 10.8. The SMILES string of the molecule is Fc1c(-c2cc(CC3CCCC3)ccn2)[c-]cc2sc3ccccc3c12.[2H]C(C)(C)c1cc(-c2[c-]cccc2)nc[c]1[Ge]([CH3])([CH3])[CH3].[Ir]. The van der Waals surface area contributed by atoms with Gasteiger partial charge in [0.2, 0.25) is 0 Å². The van der Waals surface area contributed by atoms with Crippen LogP contribution in [0.5, 0.6) is 0 Å². The second-order valence-corrected chi connectivity index (χ2v) is 25.0. The molecule has 3 aromatic carbocycles. The molecule has 7 rings (SSSR count). The Hall–Kier alpha value is -2.70. The summed E-state index contributed by atoms with van der Waals surface area (Å²) in [6.45, 7) is 3.91. The van der Waals surface area contributed by atoms with E-state index in [4.69, 9.17) is 1.37 Å². The Morgan fingerprint density at radius 2 is 1.72 bits per heavy atom. The predicted octanol–water partition coefficient (Wildman–Crippen LogP) is 11.0. The van der Waals surface area contributed by atoms with Crippen LogP contribution in [-0.2, 0) is 26.5 Å². The van der Waals surface area contributed by atoms with Crippen LogP contribution in [0.25, 0.3) is 42.7 Å². The molecule has 0 aliphatic heterocycles. The quantitative estimate of drug-likeness (QED) is 0.123. The Bertz CT molecular complexity index is 1970. The van der Waals surface area contributed by atoms with Gasteiger partial charge in [-0.2, -0.15) is 11.3 Å². The van der Waals surface area contributed by atoms with Gasteiger partial charge in [-0.15, -0.1) is 12.1 Å². The molecule has 1 saturated carbocycles. The summed E-state index contributed by atoms with van der Waals surface area (Å²) in [6.07, 6.45) is 10.2. The molecule has 2 nitrogen and oxygen atoms in total. The van der Waals surface area contributed by atoms with Crippen molar-refractivity contribution < 1.29 is 25.9 Å². The molecule has 46 heavy (non-hydrogen) atoms. The molecule has 1 fully saturated rings. The third-order valence-corrected chi connectivity index (χ3v) is 14.1. The van der Waals surface area contributed by atoms with Crippen molar-refractivity contribution in [2.75, 3.05) is 0 Å². The molecule has 1 aliphatic carbocycles. The van der Waals surface area contributed by atoms with Crippen molar-refractivity contribution in [3.05, 3.63) is 114 Å². The van der Waals surface area contributed by atoms with E-state index in [0.29, 0.717) is 16.6 Å². The molecule has 6 heteroatoms. The molecule has 0 amide bonds. The van der Waals surface area contributed by atoms with Gasteiger partial charge in [-0.25, -0.2) is 0 Å². The average Bonchev–Trinajstić information content (AvgIpc) is 3.69. The van der Waals surface area contributed by atoms with E-state index in [1.54, 1.807) is 11.3 Å². The van der Waals surface area contributed by atoms with Crippen LogP contribution in [-0.4, -0.2) is 23.2 Å². The van der Waals surface area contributed by atoms with E-state index >= 15 is 4.39 Å². The minimum absolute atomic E-state index is 0. The fourth-order valence-electron chi connectivity index (χ4n) is 6.36. The smallest absolute Gasteiger partial charge is 0 e. The predicted molar refractivity (Wildman–Crippen MR) is 193 cm³/mol. The maximum absolute atomic E-state index is 15.4. The summed E-state index contributed by atoms with van der Waals surface area (Å²) in [5, 5.41) is 1.67. The van der Waals surface area contributed by atoms with Gasteiger partial charge >= 0.3 is 120 Å². The zero-order valence-corrected chi connectivity index (χ0v) is 32.5. The number of rotatable bonds is 6. The van der Waals surface area contributed by atoms with Crippen molar-refractivity contribution in [3.63, 3.8) is 0 Å². The zero-order chi connectivity index (χ0) is 32.5. The number of hydrogen-bond donors (Lipinski definition) is 0. The normalized spacial score (nSPS) is 14.1. The first-order chi connectivity index (χ1) is 22.0. The minimum Gasteiger partial charge on any atom is 0 e. The fraction of sp³-hybridized carbons (Fsp3) is 0.300. The number of pyridine rings is 2. The Morgan fingerprint density at radius 3 is 2.43 bits per heavy atom. The Kier molecular flexibility index (Phi) is 10.8. The molecular formula is C40H41FGeIrN2S-2. The monoisotopic (exact) mass is 868 g/mol. The van der Waals surface area contributed by atoms with Crippen molar-refractivity contribution in [1.29, 1.82) is 0 Å². The van der Waals surface area contributed by atoms with Crippen molar-refractivity contribution in [3.8, 4) is 22.5 Å². The first-order valence-corrected chi connectivity index (χ1v) is 24.1. The van der Waals surface area contributed by atoms with Crippen molar-refractivity contribution in [2.24, 2.45) is 5.92 Å². The summed E-state index contributed by atoms with van der Waals surface area (Å²) in [6, 6.07) is 30.3. The van der Waals surface area contributed by atoms with Crippen LogP contribution in [0.15, 0.2) is 85.2 Å². The van der Waals surface area contributed by atoms with Crippen LogP contribution in [0.4, 0.5) is 4.39 Å². The maximum Gasteiger partial charge on any atom is 0 e. The molecule has 3 aromatic heterocycles. The standard InChI is InChI=1S/C23H19FNS.C17H22GeN.Ir/c24-23-17(9-10-21-22(23)18-7-3-4-8-20(18)26-21)19-14-16(11-12-25-19)13-15-5-1-2-6-15;1-13(2)15-11-17(14-9-7-6-8-10-14)19-12-16(15)18(3,4)5;/h3-4,7-8,10-12,14-15H,1-2,5-6,13H2;6-9,11-13H,1-5H3;/q2*-1;/i;13D;. The molecule has 1 aliphatic rings. The first-order valence-electron chi connectivity index (χ1n) is 16.4. The molecule has 0 spiro atoms. The number of thiophene rings is 1.